The first-order valence-corrected chi connectivity index (χ1v) is 6.47. The van der Waals surface area contributed by atoms with Crippen molar-refractivity contribution in [2.45, 2.75) is 57.9 Å². The Bertz CT molecular complexity index is 247. The summed E-state index contributed by atoms with van der Waals surface area (Å²) in [6, 6.07) is -0.387. The van der Waals surface area contributed by atoms with Gasteiger partial charge in [0.2, 0.25) is 0 Å². The Morgan fingerprint density at radius 3 is 2.59 bits per heavy atom. The second-order valence-electron chi connectivity index (χ2n) is 4.28. The molecule has 0 radical (unpaired) electrons. The summed E-state index contributed by atoms with van der Waals surface area (Å²) in [6.45, 7) is 2.21. The number of allylic oxidation sites excluding steroid dienone is 3. The molecule has 1 unspecified atom stereocenters. The van der Waals surface area contributed by atoms with E-state index in [9.17, 15) is 4.79 Å². The largest absolute Gasteiger partial charge is 0.481 e. The van der Waals surface area contributed by atoms with E-state index >= 15 is 0 Å². The lowest BCUT2D eigenvalue weighted by Gasteiger charge is -1.99. The number of nitrogens with two attached hydrogens (primary N) is 1. The zero-order valence-corrected chi connectivity index (χ0v) is 10.8. The van der Waals surface area contributed by atoms with Gasteiger partial charge in [-0.05, 0) is 12.8 Å². The monoisotopic (exact) mass is 239 g/mol. The highest BCUT2D eigenvalue weighted by Gasteiger charge is 2.02. The summed E-state index contributed by atoms with van der Waals surface area (Å²) >= 11 is 0. The lowest BCUT2D eigenvalue weighted by molar-refractivity contribution is -0.137. The summed E-state index contributed by atoms with van der Waals surface area (Å²) < 4.78 is 0. The molecular formula is C14H25NO2. The molecule has 0 amide bonds. The first kappa shape index (κ1) is 15.9. The highest BCUT2D eigenvalue weighted by molar-refractivity contribution is 5.67. The van der Waals surface area contributed by atoms with Gasteiger partial charge in [-0.2, -0.15) is 0 Å². The van der Waals surface area contributed by atoms with Crippen LogP contribution in [0.2, 0.25) is 0 Å². The molecule has 0 saturated heterocycles. The lowest BCUT2D eigenvalue weighted by Crippen LogP contribution is -2.20. The van der Waals surface area contributed by atoms with Crippen molar-refractivity contribution in [3.63, 3.8) is 0 Å². The third-order valence-corrected chi connectivity index (χ3v) is 2.49. The summed E-state index contributed by atoms with van der Waals surface area (Å²) in [5, 5.41) is 8.50. The molecule has 0 aromatic rings. The zero-order chi connectivity index (χ0) is 12.9. The summed E-state index contributed by atoms with van der Waals surface area (Å²) in [4.78, 5) is 10.3. The maximum Gasteiger partial charge on any atom is 0.305 e. The molecule has 0 aliphatic carbocycles. The average molecular weight is 239 g/mol. The van der Waals surface area contributed by atoms with Gasteiger partial charge in [-0.25, -0.2) is 0 Å². The molecule has 1 atom stereocenters. The van der Waals surface area contributed by atoms with Crippen LogP contribution in [0, 0.1) is 0 Å². The van der Waals surface area contributed by atoms with E-state index in [2.05, 4.69) is 13.0 Å². The minimum atomic E-state index is -0.859. The fraction of sp³-hybridized carbons (Fsp3) is 0.643. The van der Waals surface area contributed by atoms with E-state index in [1.54, 1.807) is 6.08 Å². The first-order chi connectivity index (χ1) is 8.16. The van der Waals surface area contributed by atoms with Crippen LogP contribution in [0.5, 0.6) is 0 Å². The predicted molar refractivity (Wildman–Crippen MR) is 71.9 cm³/mol. The molecule has 0 spiro atoms. The van der Waals surface area contributed by atoms with E-state index in [0.717, 1.165) is 6.42 Å². The van der Waals surface area contributed by atoms with Crippen molar-refractivity contribution < 1.29 is 9.90 Å². The van der Waals surface area contributed by atoms with E-state index in [1.165, 1.54) is 32.1 Å². The number of carbonyl (C=O) groups is 1. The molecule has 3 heteroatoms. The van der Waals surface area contributed by atoms with Gasteiger partial charge in [-0.1, -0.05) is 56.9 Å². The molecule has 0 bridgehead atoms. The van der Waals surface area contributed by atoms with Crippen LogP contribution < -0.4 is 5.73 Å². The van der Waals surface area contributed by atoms with Crippen LogP contribution in [0.4, 0.5) is 0 Å². The van der Waals surface area contributed by atoms with Crippen molar-refractivity contribution in [2.75, 3.05) is 0 Å². The molecule has 17 heavy (non-hydrogen) atoms. The number of carboxylic acid groups (broad SMARTS) is 1. The predicted octanol–water partition coefficient (Wildman–Crippen LogP) is 3.26. The third kappa shape index (κ3) is 12.8. The molecule has 0 aromatic carbocycles. The summed E-state index contributed by atoms with van der Waals surface area (Å²) in [5.41, 5.74) is 5.57. The SMILES string of the molecule is CCCCCCC/C=C/C=C/C(N)CC(=O)O. The van der Waals surface area contributed by atoms with Crippen LogP contribution in [0.15, 0.2) is 24.3 Å². The number of aliphatic carboxylic acids is 1. The quantitative estimate of drug-likeness (QED) is 0.454. The van der Waals surface area contributed by atoms with E-state index in [1.807, 2.05) is 12.2 Å². The van der Waals surface area contributed by atoms with Gasteiger partial charge >= 0.3 is 5.97 Å². The fourth-order valence-electron chi connectivity index (χ4n) is 1.52. The van der Waals surface area contributed by atoms with Gasteiger partial charge in [0.05, 0.1) is 6.42 Å². The second kappa shape index (κ2) is 11.4. The molecule has 0 rings (SSSR count). The Balaban J connectivity index is 3.46. The van der Waals surface area contributed by atoms with Gasteiger partial charge in [0.15, 0.2) is 0 Å². The van der Waals surface area contributed by atoms with Crippen LogP contribution in [-0.4, -0.2) is 17.1 Å². The Labute approximate surface area is 104 Å². The van der Waals surface area contributed by atoms with Gasteiger partial charge in [-0.3, -0.25) is 4.79 Å². The molecule has 3 N–H and O–H groups in total. The van der Waals surface area contributed by atoms with Gasteiger partial charge < -0.3 is 10.8 Å². The van der Waals surface area contributed by atoms with Crippen molar-refractivity contribution in [3.8, 4) is 0 Å². The maximum absolute atomic E-state index is 10.3. The van der Waals surface area contributed by atoms with Gasteiger partial charge in [0, 0.05) is 6.04 Å². The summed E-state index contributed by atoms with van der Waals surface area (Å²) in [6.07, 6.45) is 15.1. The number of carboxylic acids is 1. The van der Waals surface area contributed by atoms with Crippen LogP contribution >= 0.6 is 0 Å². The molecule has 3 nitrogen and oxygen atoms in total. The van der Waals surface area contributed by atoms with Crippen molar-refractivity contribution in [2.24, 2.45) is 5.73 Å². The van der Waals surface area contributed by atoms with Crippen LogP contribution in [0.1, 0.15) is 51.9 Å². The smallest absolute Gasteiger partial charge is 0.305 e. The molecule has 0 heterocycles. The Kier molecular flexibility index (Phi) is 10.7. The van der Waals surface area contributed by atoms with E-state index < -0.39 is 5.97 Å². The number of rotatable bonds is 10. The zero-order valence-electron chi connectivity index (χ0n) is 10.8. The normalized spacial score (nSPS) is 13.5. The first-order valence-electron chi connectivity index (χ1n) is 6.47. The Morgan fingerprint density at radius 1 is 1.24 bits per heavy atom. The fourth-order valence-corrected chi connectivity index (χ4v) is 1.52. The molecule has 0 aromatic heterocycles. The minimum absolute atomic E-state index is 0.0125. The van der Waals surface area contributed by atoms with E-state index in [-0.39, 0.29) is 12.5 Å². The summed E-state index contributed by atoms with van der Waals surface area (Å²) in [5.74, 6) is -0.859. The summed E-state index contributed by atoms with van der Waals surface area (Å²) in [7, 11) is 0. The van der Waals surface area contributed by atoms with Crippen molar-refractivity contribution in [1.29, 1.82) is 0 Å². The third-order valence-electron chi connectivity index (χ3n) is 2.49. The van der Waals surface area contributed by atoms with E-state index in [0.29, 0.717) is 0 Å². The van der Waals surface area contributed by atoms with Gasteiger partial charge in [-0.15, -0.1) is 0 Å². The van der Waals surface area contributed by atoms with Gasteiger partial charge in [0.1, 0.15) is 0 Å². The topological polar surface area (TPSA) is 63.3 Å². The van der Waals surface area contributed by atoms with Crippen LogP contribution in [0.25, 0.3) is 0 Å². The van der Waals surface area contributed by atoms with E-state index in [4.69, 9.17) is 10.8 Å². The Morgan fingerprint density at radius 2 is 1.94 bits per heavy atom. The van der Waals surface area contributed by atoms with Gasteiger partial charge in [0.25, 0.3) is 0 Å². The van der Waals surface area contributed by atoms with Crippen LogP contribution in [-0.2, 0) is 4.79 Å². The molecule has 0 saturated carbocycles. The van der Waals surface area contributed by atoms with Crippen molar-refractivity contribution in [3.05, 3.63) is 24.3 Å². The van der Waals surface area contributed by atoms with Crippen molar-refractivity contribution >= 4 is 5.97 Å². The average Bonchev–Trinajstić information content (AvgIpc) is 2.26. The number of unbranched alkanes of at least 4 members (excludes halogenated alkanes) is 5. The van der Waals surface area contributed by atoms with Crippen LogP contribution in [0.3, 0.4) is 0 Å². The highest BCUT2D eigenvalue weighted by Crippen LogP contribution is 2.05. The minimum Gasteiger partial charge on any atom is -0.481 e. The molecule has 98 valence electrons. The molecule has 0 fully saturated rings. The number of hydrogen-bond acceptors (Lipinski definition) is 2. The van der Waals surface area contributed by atoms with Crippen molar-refractivity contribution in [1.82, 2.24) is 0 Å². The molecule has 0 aliphatic rings. The highest BCUT2D eigenvalue weighted by atomic mass is 16.4. The second-order valence-corrected chi connectivity index (χ2v) is 4.28. The maximum atomic E-state index is 10.3. The molecular weight excluding hydrogens is 214 g/mol. The molecule has 0 aliphatic heterocycles. The lowest BCUT2D eigenvalue weighted by atomic mass is 10.1. The Hall–Kier alpha value is -1.09. The number of hydrogen-bond donors (Lipinski definition) is 2. The standard InChI is InChI=1S/C14H25NO2/c1-2-3-4-5-6-7-8-9-10-11-13(15)12-14(16)17/h8-11,13H,2-7,12,15H2,1H3,(H,16,17)/b9-8+,11-10+.